The Bertz CT molecular complexity index is 579. The van der Waals surface area contributed by atoms with Crippen molar-refractivity contribution in [2.24, 2.45) is 5.92 Å². The number of nitrogens with one attached hydrogen (secondary N) is 2. The second-order valence-corrected chi connectivity index (χ2v) is 7.42. The fourth-order valence-corrected chi connectivity index (χ4v) is 3.77. The normalized spacial score (nSPS) is 24.0. The first-order chi connectivity index (χ1) is 11.8. The van der Waals surface area contributed by atoms with Crippen molar-refractivity contribution < 1.29 is 4.79 Å². The smallest absolute Gasteiger partial charge is 0.241 e. The summed E-state index contributed by atoms with van der Waals surface area (Å²) < 4.78 is 0. The van der Waals surface area contributed by atoms with Crippen LogP contribution in [0.2, 0.25) is 0 Å². The molecule has 3 fully saturated rings. The number of rotatable bonds is 5. The number of halogens is 1. The van der Waals surface area contributed by atoms with Gasteiger partial charge in [0.05, 0.1) is 6.04 Å². The van der Waals surface area contributed by atoms with Gasteiger partial charge in [-0.25, -0.2) is 0 Å². The molecular formula is C19H29ClN4O. The summed E-state index contributed by atoms with van der Waals surface area (Å²) in [7, 11) is 0. The number of amides is 1. The number of carbonyl (C=O) groups excluding carboxylic acids is 1. The van der Waals surface area contributed by atoms with Crippen molar-refractivity contribution in [2.45, 2.75) is 31.7 Å². The minimum absolute atomic E-state index is 0. The third kappa shape index (κ3) is 4.87. The number of piperazine rings is 1. The van der Waals surface area contributed by atoms with Crippen LogP contribution < -0.4 is 15.5 Å². The van der Waals surface area contributed by atoms with E-state index in [1.165, 1.54) is 25.1 Å². The van der Waals surface area contributed by atoms with Crippen LogP contribution in [0.15, 0.2) is 24.3 Å². The lowest BCUT2D eigenvalue weighted by atomic mass is 10.2. The van der Waals surface area contributed by atoms with Gasteiger partial charge in [0, 0.05) is 44.1 Å². The van der Waals surface area contributed by atoms with E-state index in [-0.39, 0.29) is 24.4 Å². The Morgan fingerprint density at radius 1 is 1.16 bits per heavy atom. The van der Waals surface area contributed by atoms with Crippen molar-refractivity contribution in [1.29, 1.82) is 0 Å². The molecule has 2 saturated heterocycles. The van der Waals surface area contributed by atoms with E-state index >= 15 is 0 Å². The van der Waals surface area contributed by atoms with Crippen LogP contribution in [-0.2, 0) is 4.79 Å². The molecule has 5 nitrogen and oxygen atoms in total. The first-order valence-corrected chi connectivity index (χ1v) is 9.39. The summed E-state index contributed by atoms with van der Waals surface area (Å²) in [6, 6.07) is 8.27. The second-order valence-electron chi connectivity index (χ2n) is 7.42. The van der Waals surface area contributed by atoms with E-state index in [4.69, 9.17) is 0 Å². The molecular weight excluding hydrogens is 336 g/mol. The van der Waals surface area contributed by atoms with Crippen LogP contribution in [0.25, 0.3) is 0 Å². The lowest BCUT2D eigenvalue weighted by Gasteiger charge is -2.36. The maximum Gasteiger partial charge on any atom is 0.241 e. The van der Waals surface area contributed by atoms with Gasteiger partial charge in [-0.05, 0) is 56.3 Å². The largest absolute Gasteiger partial charge is 0.369 e. The van der Waals surface area contributed by atoms with Gasteiger partial charge in [0.25, 0.3) is 0 Å². The van der Waals surface area contributed by atoms with Crippen molar-refractivity contribution in [3.63, 3.8) is 0 Å². The zero-order valence-electron chi connectivity index (χ0n) is 14.7. The van der Waals surface area contributed by atoms with Crippen molar-refractivity contribution in [3.05, 3.63) is 24.3 Å². The van der Waals surface area contributed by atoms with Gasteiger partial charge in [-0.3, -0.25) is 9.69 Å². The molecule has 0 bridgehead atoms. The molecule has 2 aliphatic heterocycles. The zero-order valence-corrected chi connectivity index (χ0v) is 15.6. The van der Waals surface area contributed by atoms with E-state index in [1.54, 1.807) is 0 Å². The fraction of sp³-hybridized carbons (Fsp3) is 0.632. The second kappa shape index (κ2) is 8.39. The molecule has 1 aromatic carbocycles. The summed E-state index contributed by atoms with van der Waals surface area (Å²) in [6.07, 6.45) is 4.88. The van der Waals surface area contributed by atoms with Gasteiger partial charge in [-0.2, -0.15) is 0 Å². The molecule has 0 spiro atoms. The highest BCUT2D eigenvalue weighted by Crippen LogP contribution is 2.30. The van der Waals surface area contributed by atoms with E-state index in [2.05, 4.69) is 32.6 Å². The molecule has 138 valence electrons. The van der Waals surface area contributed by atoms with Crippen molar-refractivity contribution in [2.75, 3.05) is 49.5 Å². The number of hydrogen-bond acceptors (Lipinski definition) is 4. The molecule has 1 aromatic rings. The van der Waals surface area contributed by atoms with Gasteiger partial charge < -0.3 is 15.5 Å². The first-order valence-electron chi connectivity index (χ1n) is 9.39. The molecule has 0 aromatic heterocycles. The highest BCUT2D eigenvalue weighted by molar-refractivity contribution is 5.95. The predicted molar refractivity (Wildman–Crippen MR) is 105 cm³/mol. The van der Waals surface area contributed by atoms with E-state index in [0.717, 1.165) is 57.2 Å². The average molecular weight is 365 g/mol. The standard InChI is InChI=1S/C19H28N4O.ClH/c24-19(18-5-2-8-20-18)21-16-3-1-4-17(13-16)23-11-9-22(10-12-23)14-15-6-7-15;/h1,3-4,13,15,18,20H,2,5-12,14H2,(H,21,24);1H. The van der Waals surface area contributed by atoms with Gasteiger partial charge >= 0.3 is 0 Å². The Hall–Kier alpha value is -1.30. The number of hydrogen-bond donors (Lipinski definition) is 2. The van der Waals surface area contributed by atoms with E-state index in [1.807, 2.05) is 12.1 Å². The summed E-state index contributed by atoms with van der Waals surface area (Å²) in [5.74, 6) is 1.07. The summed E-state index contributed by atoms with van der Waals surface area (Å²) in [4.78, 5) is 17.3. The monoisotopic (exact) mass is 364 g/mol. The topological polar surface area (TPSA) is 47.6 Å². The first kappa shape index (κ1) is 18.5. The molecule has 0 radical (unpaired) electrons. The molecule has 3 aliphatic rings. The quantitative estimate of drug-likeness (QED) is 0.841. The minimum atomic E-state index is -0.0281. The summed E-state index contributed by atoms with van der Waals surface area (Å²) in [5, 5.41) is 6.32. The number of benzene rings is 1. The third-order valence-corrected chi connectivity index (χ3v) is 5.44. The molecule has 4 rings (SSSR count). The van der Waals surface area contributed by atoms with Crippen LogP contribution >= 0.6 is 12.4 Å². The molecule has 6 heteroatoms. The summed E-state index contributed by atoms with van der Waals surface area (Å²) >= 11 is 0. The maximum absolute atomic E-state index is 12.3. The molecule has 2 heterocycles. The molecule has 25 heavy (non-hydrogen) atoms. The van der Waals surface area contributed by atoms with Gasteiger partial charge in [-0.1, -0.05) is 6.07 Å². The molecule has 1 aliphatic carbocycles. The van der Waals surface area contributed by atoms with Crippen molar-refractivity contribution >= 4 is 29.7 Å². The average Bonchev–Trinajstić information content (AvgIpc) is 3.24. The van der Waals surface area contributed by atoms with Crippen LogP contribution in [0.4, 0.5) is 11.4 Å². The van der Waals surface area contributed by atoms with Gasteiger partial charge in [-0.15, -0.1) is 12.4 Å². The van der Waals surface area contributed by atoms with Crippen molar-refractivity contribution in [1.82, 2.24) is 10.2 Å². The third-order valence-electron chi connectivity index (χ3n) is 5.44. The van der Waals surface area contributed by atoms with E-state index in [9.17, 15) is 4.79 Å². The lowest BCUT2D eigenvalue weighted by molar-refractivity contribution is -0.117. The minimum Gasteiger partial charge on any atom is -0.369 e. The van der Waals surface area contributed by atoms with Crippen molar-refractivity contribution in [3.8, 4) is 0 Å². The van der Waals surface area contributed by atoms with Crippen LogP contribution in [0, 0.1) is 5.92 Å². The maximum atomic E-state index is 12.3. The predicted octanol–water partition coefficient (Wildman–Crippen LogP) is 2.33. The summed E-state index contributed by atoms with van der Waals surface area (Å²) in [6.45, 7) is 6.70. The van der Waals surface area contributed by atoms with Crippen LogP contribution in [-0.4, -0.2) is 56.1 Å². The number of nitrogens with zero attached hydrogens (tertiary/aromatic N) is 2. The Morgan fingerprint density at radius 3 is 2.64 bits per heavy atom. The zero-order chi connectivity index (χ0) is 16.4. The Kier molecular flexibility index (Phi) is 6.20. The molecule has 1 amide bonds. The lowest BCUT2D eigenvalue weighted by Crippen LogP contribution is -2.47. The van der Waals surface area contributed by atoms with E-state index < -0.39 is 0 Å². The van der Waals surface area contributed by atoms with Gasteiger partial charge in [0.2, 0.25) is 5.91 Å². The highest BCUT2D eigenvalue weighted by Gasteiger charge is 2.26. The molecule has 1 unspecified atom stereocenters. The Labute approximate surface area is 156 Å². The van der Waals surface area contributed by atoms with E-state index in [0.29, 0.717) is 0 Å². The number of carbonyl (C=O) groups is 1. The fourth-order valence-electron chi connectivity index (χ4n) is 3.77. The molecule has 1 saturated carbocycles. The number of anilines is 2. The molecule has 1 atom stereocenters. The van der Waals surface area contributed by atoms with Gasteiger partial charge in [0.1, 0.15) is 0 Å². The Balaban J connectivity index is 0.00000182. The summed E-state index contributed by atoms with van der Waals surface area (Å²) in [5.41, 5.74) is 2.13. The molecule has 2 N–H and O–H groups in total. The van der Waals surface area contributed by atoms with Crippen LogP contribution in [0.1, 0.15) is 25.7 Å². The van der Waals surface area contributed by atoms with Gasteiger partial charge in [0.15, 0.2) is 0 Å². The van der Waals surface area contributed by atoms with Crippen LogP contribution in [0.3, 0.4) is 0 Å². The van der Waals surface area contributed by atoms with Crippen LogP contribution in [0.5, 0.6) is 0 Å². The Morgan fingerprint density at radius 2 is 1.96 bits per heavy atom. The SMILES string of the molecule is Cl.O=C(Nc1cccc(N2CCN(CC3CC3)CC2)c1)C1CCCN1. The highest BCUT2D eigenvalue weighted by atomic mass is 35.5.